The molecule has 80 valence electrons. The van der Waals surface area contributed by atoms with Crippen LogP contribution in [0.3, 0.4) is 0 Å². The second-order valence-corrected chi connectivity index (χ2v) is 4.82. The van der Waals surface area contributed by atoms with Gasteiger partial charge in [0.1, 0.15) is 11.7 Å². The quantitative estimate of drug-likeness (QED) is 0.689. The van der Waals surface area contributed by atoms with Gasteiger partial charge in [-0.05, 0) is 12.8 Å². The summed E-state index contributed by atoms with van der Waals surface area (Å²) in [5.41, 5.74) is 0.0755. The third kappa shape index (κ3) is 1.64. The van der Waals surface area contributed by atoms with E-state index in [-0.39, 0.29) is 11.7 Å². The Morgan fingerprint density at radius 3 is 2.53 bits per heavy atom. The molecule has 1 saturated carbocycles. The Hall–Kier alpha value is -0.670. The summed E-state index contributed by atoms with van der Waals surface area (Å²) in [4.78, 5) is 8.44. The predicted molar refractivity (Wildman–Crippen MR) is 56.7 cm³/mol. The molecule has 2 fully saturated rings. The summed E-state index contributed by atoms with van der Waals surface area (Å²) in [5, 5.41) is 0.581. The van der Waals surface area contributed by atoms with E-state index in [4.69, 9.17) is 16.3 Å². The van der Waals surface area contributed by atoms with Gasteiger partial charge in [0.05, 0.1) is 5.02 Å². The lowest BCUT2D eigenvalue weighted by Crippen LogP contribution is -2.17. The maximum atomic E-state index is 5.80. The molecule has 1 unspecified atom stereocenters. The highest BCUT2D eigenvalue weighted by molar-refractivity contribution is 6.30. The highest BCUT2D eigenvalue weighted by Crippen LogP contribution is 2.56. The molecule has 1 saturated heterocycles. The van der Waals surface area contributed by atoms with Gasteiger partial charge in [0, 0.05) is 12.4 Å². The molecule has 1 aliphatic carbocycles. The molecule has 0 bridgehead atoms. The van der Waals surface area contributed by atoms with Crippen LogP contribution in [0.4, 0.5) is 0 Å². The van der Waals surface area contributed by atoms with E-state index in [2.05, 4.69) is 9.97 Å². The molecule has 1 aromatic heterocycles. The minimum Gasteiger partial charge on any atom is -0.358 e. The molecular formula is C11H13ClN2O. The van der Waals surface area contributed by atoms with Gasteiger partial charge in [-0.2, -0.15) is 0 Å². The molecule has 0 N–H and O–H groups in total. The van der Waals surface area contributed by atoms with Crippen molar-refractivity contribution in [1.82, 2.24) is 9.97 Å². The van der Waals surface area contributed by atoms with Crippen LogP contribution >= 0.6 is 11.6 Å². The number of rotatable bonds is 1. The molecule has 0 amide bonds. The van der Waals surface area contributed by atoms with E-state index in [0.29, 0.717) is 5.02 Å². The molecule has 2 aliphatic rings. The summed E-state index contributed by atoms with van der Waals surface area (Å²) in [6.45, 7) is 0. The van der Waals surface area contributed by atoms with Gasteiger partial charge in [-0.15, -0.1) is 0 Å². The third-order valence-corrected chi connectivity index (χ3v) is 3.54. The van der Waals surface area contributed by atoms with Crippen LogP contribution in [0.2, 0.25) is 5.02 Å². The Morgan fingerprint density at radius 1 is 1.20 bits per heavy atom. The van der Waals surface area contributed by atoms with Gasteiger partial charge in [0.25, 0.3) is 0 Å². The second kappa shape index (κ2) is 3.42. The fourth-order valence-electron chi connectivity index (χ4n) is 2.48. The van der Waals surface area contributed by atoms with E-state index < -0.39 is 0 Å². The number of halogens is 1. The first-order chi connectivity index (χ1) is 7.30. The zero-order valence-corrected chi connectivity index (χ0v) is 9.20. The molecule has 4 heteroatoms. The molecule has 3 rings (SSSR count). The van der Waals surface area contributed by atoms with E-state index in [1.807, 2.05) is 0 Å². The highest BCUT2D eigenvalue weighted by atomic mass is 35.5. The fraction of sp³-hybridized carbons (Fsp3) is 0.636. The van der Waals surface area contributed by atoms with Gasteiger partial charge < -0.3 is 4.74 Å². The molecule has 1 spiro atoms. The average Bonchev–Trinajstić information content (AvgIpc) is 2.94. The van der Waals surface area contributed by atoms with E-state index in [0.717, 1.165) is 18.7 Å². The molecule has 3 nitrogen and oxygen atoms in total. The van der Waals surface area contributed by atoms with Crippen LogP contribution in [0, 0.1) is 0 Å². The monoisotopic (exact) mass is 224 g/mol. The van der Waals surface area contributed by atoms with Crippen molar-refractivity contribution in [3.8, 4) is 0 Å². The first kappa shape index (κ1) is 9.55. The largest absolute Gasteiger partial charge is 0.358 e. The van der Waals surface area contributed by atoms with Gasteiger partial charge in [-0.25, -0.2) is 9.97 Å². The Morgan fingerprint density at radius 2 is 1.87 bits per heavy atom. The van der Waals surface area contributed by atoms with Crippen LogP contribution in [0.5, 0.6) is 0 Å². The van der Waals surface area contributed by atoms with Crippen molar-refractivity contribution >= 4 is 11.6 Å². The molecule has 1 atom stereocenters. The Kier molecular flexibility index (Phi) is 2.18. The Bertz CT molecular complexity index is 359. The third-order valence-electron chi connectivity index (χ3n) is 3.35. The van der Waals surface area contributed by atoms with Gasteiger partial charge in [0.2, 0.25) is 0 Å². The maximum absolute atomic E-state index is 5.80. The normalized spacial score (nSPS) is 27.9. The number of aromatic nitrogens is 2. The standard InChI is InChI=1S/C11H13ClN2O/c12-8-6-13-10(14-7-8)9-11(15-9)4-2-1-3-5-11/h6-7,9H,1-5H2. The molecule has 0 aromatic carbocycles. The zero-order valence-electron chi connectivity index (χ0n) is 8.45. The highest BCUT2D eigenvalue weighted by Gasteiger charge is 2.58. The average molecular weight is 225 g/mol. The van der Waals surface area contributed by atoms with Crippen molar-refractivity contribution in [3.63, 3.8) is 0 Å². The summed E-state index contributed by atoms with van der Waals surface area (Å²) >= 11 is 5.75. The first-order valence-electron chi connectivity index (χ1n) is 5.45. The lowest BCUT2D eigenvalue weighted by atomic mass is 9.86. The maximum Gasteiger partial charge on any atom is 0.160 e. The number of hydrogen-bond acceptors (Lipinski definition) is 3. The van der Waals surface area contributed by atoms with Crippen molar-refractivity contribution in [2.45, 2.75) is 43.8 Å². The van der Waals surface area contributed by atoms with Crippen LogP contribution in [-0.4, -0.2) is 15.6 Å². The van der Waals surface area contributed by atoms with Gasteiger partial charge in [-0.1, -0.05) is 30.9 Å². The Labute approximate surface area is 93.8 Å². The molecular weight excluding hydrogens is 212 g/mol. The number of epoxide rings is 1. The minimum atomic E-state index is 0.0755. The summed E-state index contributed by atoms with van der Waals surface area (Å²) in [6.07, 6.45) is 9.58. The van der Waals surface area contributed by atoms with Gasteiger partial charge in [0.15, 0.2) is 5.82 Å². The van der Waals surface area contributed by atoms with Crippen LogP contribution in [0.1, 0.15) is 44.0 Å². The summed E-state index contributed by atoms with van der Waals surface area (Å²) in [5.74, 6) is 0.793. The number of nitrogens with zero attached hydrogens (tertiary/aromatic N) is 2. The number of hydrogen-bond donors (Lipinski definition) is 0. The molecule has 15 heavy (non-hydrogen) atoms. The zero-order chi connectivity index (χ0) is 10.3. The van der Waals surface area contributed by atoms with Crippen LogP contribution in [-0.2, 0) is 4.74 Å². The fourth-order valence-corrected chi connectivity index (χ4v) is 2.57. The van der Waals surface area contributed by atoms with E-state index in [9.17, 15) is 0 Å². The van der Waals surface area contributed by atoms with Crippen molar-refractivity contribution in [2.75, 3.05) is 0 Å². The Balaban J connectivity index is 1.77. The SMILES string of the molecule is Clc1cnc(C2OC23CCCCC3)nc1. The van der Waals surface area contributed by atoms with Crippen molar-refractivity contribution in [3.05, 3.63) is 23.2 Å². The molecule has 2 heterocycles. The van der Waals surface area contributed by atoms with Gasteiger partial charge in [-0.3, -0.25) is 0 Å². The van der Waals surface area contributed by atoms with E-state index >= 15 is 0 Å². The van der Waals surface area contributed by atoms with E-state index in [1.54, 1.807) is 12.4 Å². The summed E-state index contributed by atoms with van der Waals surface area (Å²) < 4.78 is 5.80. The van der Waals surface area contributed by atoms with Crippen LogP contribution in [0.15, 0.2) is 12.4 Å². The second-order valence-electron chi connectivity index (χ2n) is 4.38. The lowest BCUT2D eigenvalue weighted by molar-refractivity contribution is 0.233. The van der Waals surface area contributed by atoms with Crippen LogP contribution < -0.4 is 0 Å². The first-order valence-corrected chi connectivity index (χ1v) is 5.83. The summed E-state index contributed by atoms with van der Waals surface area (Å²) in [7, 11) is 0. The topological polar surface area (TPSA) is 38.3 Å². The smallest absolute Gasteiger partial charge is 0.160 e. The number of ether oxygens (including phenoxy) is 1. The van der Waals surface area contributed by atoms with Crippen molar-refractivity contribution in [1.29, 1.82) is 0 Å². The minimum absolute atomic E-state index is 0.0755. The molecule has 1 aliphatic heterocycles. The molecule has 1 aromatic rings. The predicted octanol–water partition coefficient (Wildman–Crippen LogP) is 2.90. The summed E-state index contributed by atoms with van der Waals surface area (Å²) in [6, 6.07) is 0. The van der Waals surface area contributed by atoms with Crippen molar-refractivity contribution < 1.29 is 4.74 Å². The van der Waals surface area contributed by atoms with E-state index in [1.165, 1.54) is 19.3 Å². The molecule has 0 radical (unpaired) electrons. The lowest BCUT2D eigenvalue weighted by Gasteiger charge is -2.17. The van der Waals surface area contributed by atoms with Crippen molar-refractivity contribution in [2.24, 2.45) is 0 Å². The van der Waals surface area contributed by atoms with Crippen LogP contribution in [0.25, 0.3) is 0 Å². The van der Waals surface area contributed by atoms with Gasteiger partial charge >= 0.3 is 0 Å².